The lowest BCUT2D eigenvalue weighted by atomic mass is 10.00. The number of piperazine rings is 1. The smallest absolute Gasteiger partial charge is 0.142 e. The number of fused-ring (bicyclic) bond motifs is 1. The van der Waals surface area contributed by atoms with E-state index in [1.165, 1.54) is 0 Å². The molecule has 6 nitrogen and oxygen atoms in total. The molecule has 1 atom stereocenters. The minimum absolute atomic E-state index is 0.0738. The molecule has 3 aromatic rings. The van der Waals surface area contributed by atoms with Gasteiger partial charge in [-0.25, -0.2) is 0 Å². The predicted octanol–water partition coefficient (Wildman–Crippen LogP) is 3.89. The SMILES string of the molecule is COc1ccccc1C(COCc1c(OC)c(C#N)cc2ccccc12)N1CCNCC1. The van der Waals surface area contributed by atoms with Crippen molar-refractivity contribution >= 4 is 10.8 Å². The van der Waals surface area contributed by atoms with E-state index in [2.05, 4.69) is 22.4 Å². The van der Waals surface area contributed by atoms with Gasteiger partial charge in [0.1, 0.15) is 17.6 Å². The van der Waals surface area contributed by atoms with Crippen LogP contribution in [0.4, 0.5) is 0 Å². The zero-order chi connectivity index (χ0) is 22.3. The number of nitriles is 1. The third-order valence-electron chi connectivity index (χ3n) is 6.04. The van der Waals surface area contributed by atoms with Crippen LogP contribution in [0.25, 0.3) is 10.8 Å². The standard InChI is InChI=1S/C26H29N3O3/c1-30-25-10-6-5-9-22(25)24(29-13-11-28-12-14-29)18-32-17-23-21-8-4-3-7-19(21)15-20(16-27)26(23)31-2/h3-10,15,24,28H,11-14,17-18H2,1-2H3. The third-order valence-corrected chi connectivity index (χ3v) is 6.04. The molecule has 32 heavy (non-hydrogen) atoms. The van der Waals surface area contributed by atoms with Gasteiger partial charge < -0.3 is 19.5 Å². The Hall–Kier alpha value is -3.11. The van der Waals surface area contributed by atoms with Gasteiger partial charge in [-0.3, -0.25) is 4.90 Å². The van der Waals surface area contributed by atoms with Gasteiger partial charge in [-0.2, -0.15) is 5.26 Å². The average Bonchev–Trinajstić information content (AvgIpc) is 2.86. The van der Waals surface area contributed by atoms with E-state index in [0.717, 1.165) is 53.8 Å². The monoisotopic (exact) mass is 431 g/mol. The van der Waals surface area contributed by atoms with Gasteiger partial charge in [-0.1, -0.05) is 42.5 Å². The highest BCUT2D eigenvalue weighted by Crippen LogP contribution is 2.34. The maximum Gasteiger partial charge on any atom is 0.142 e. The van der Waals surface area contributed by atoms with Crippen LogP contribution in [0, 0.1) is 11.3 Å². The number of nitrogens with zero attached hydrogens (tertiary/aromatic N) is 2. The first kappa shape index (κ1) is 22.1. The summed E-state index contributed by atoms with van der Waals surface area (Å²) in [5.74, 6) is 1.45. The summed E-state index contributed by atoms with van der Waals surface area (Å²) in [5, 5.41) is 15.1. The summed E-state index contributed by atoms with van der Waals surface area (Å²) in [5.41, 5.74) is 2.55. The second-order valence-corrected chi connectivity index (χ2v) is 7.83. The van der Waals surface area contributed by atoms with E-state index in [-0.39, 0.29) is 6.04 Å². The van der Waals surface area contributed by atoms with E-state index in [9.17, 15) is 5.26 Å². The first-order chi connectivity index (χ1) is 15.8. The van der Waals surface area contributed by atoms with Gasteiger partial charge in [0.15, 0.2) is 0 Å². The van der Waals surface area contributed by atoms with Crippen LogP contribution in [-0.2, 0) is 11.3 Å². The lowest BCUT2D eigenvalue weighted by Gasteiger charge is -2.35. The minimum atomic E-state index is 0.0738. The van der Waals surface area contributed by atoms with Crippen molar-refractivity contribution in [3.8, 4) is 17.6 Å². The molecule has 1 aliphatic heterocycles. The van der Waals surface area contributed by atoms with Crippen molar-refractivity contribution in [3.05, 3.63) is 71.3 Å². The molecule has 166 valence electrons. The van der Waals surface area contributed by atoms with Crippen LogP contribution in [-0.4, -0.2) is 51.9 Å². The molecule has 0 amide bonds. The maximum absolute atomic E-state index is 9.63. The largest absolute Gasteiger partial charge is 0.496 e. The number of hydrogen-bond donors (Lipinski definition) is 1. The number of methoxy groups -OCH3 is 2. The van der Waals surface area contributed by atoms with Crippen LogP contribution in [0.15, 0.2) is 54.6 Å². The molecular formula is C26H29N3O3. The summed E-state index contributed by atoms with van der Waals surface area (Å²) in [7, 11) is 3.31. The van der Waals surface area contributed by atoms with E-state index >= 15 is 0 Å². The summed E-state index contributed by atoms with van der Waals surface area (Å²) in [4.78, 5) is 2.44. The molecule has 0 radical (unpaired) electrons. The van der Waals surface area contributed by atoms with Crippen LogP contribution >= 0.6 is 0 Å². The Morgan fingerprint density at radius 1 is 1.03 bits per heavy atom. The topological polar surface area (TPSA) is 66.8 Å². The number of para-hydroxylation sites is 1. The number of hydrogen-bond acceptors (Lipinski definition) is 6. The first-order valence-electron chi connectivity index (χ1n) is 10.9. The van der Waals surface area contributed by atoms with E-state index in [4.69, 9.17) is 14.2 Å². The van der Waals surface area contributed by atoms with Gasteiger partial charge in [0.2, 0.25) is 0 Å². The Bertz CT molecular complexity index is 1100. The predicted molar refractivity (Wildman–Crippen MR) is 125 cm³/mol. The molecule has 3 aromatic carbocycles. The third kappa shape index (κ3) is 4.56. The average molecular weight is 432 g/mol. The molecule has 1 N–H and O–H groups in total. The van der Waals surface area contributed by atoms with Gasteiger partial charge in [-0.05, 0) is 22.9 Å². The van der Waals surface area contributed by atoms with E-state index in [1.807, 2.05) is 48.5 Å². The Labute approximate surface area is 189 Å². The number of ether oxygens (including phenoxy) is 3. The van der Waals surface area contributed by atoms with Crippen LogP contribution < -0.4 is 14.8 Å². The van der Waals surface area contributed by atoms with Gasteiger partial charge in [0.05, 0.1) is 39.0 Å². The van der Waals surface area contributed by atoms with Crippen molar-refractivity contribution < 1.29 is 14.2 Å². The molecule has 1 aliphatic rings. The molecule has 0 aromatic heterocycles. The fourth-order valence-corrected chi connectivity index (χ4v) is 4.46. The van der Waals surface area contributed by atoms with Crippen molar-refractivity contribution in [3.63, 3.8) is 0 Å². The Morgan fingerprint density at radius 2 is 1.78 bits per heavy atom. The molecule has 0 bridgehead atoms. The highest BCUT2D eigenvalue weighted by atomic mass is 16.5. The minimum Gasteiger partial charge on any atom is -0.496 e. The summed E-state index contributed by atoms with van der Waals surface area (Å²) in [6.45, 7) is 4.67. The van der Waals surface area contributed by atoms with Crippen molar-refractivity contribution in [2.24, 2.45) is 0 Å². The molecule has 6 heteroatoms. The summed E-state index contributed by atoms with van der Waals surface area (Å²) >= 11 is 0. The van der Waals surface area contributed by atoms with Crippen molar-refractivity contribution in [2.75, 3.05) is 47.0 Å². The molecule has 0 saturated carbocycles. The molecule has 0 aliphatic carbocycles. The number of benzene rings is 3. The van der Waals surface area contributed by atoms with Gasteiger partial charge >= 0.3 is 0 Å². The summed E-state index contributed by atoms with van der Waals surface area (Å²) < 4.78 is 17.6. The van der Waals surface area contributed by atoms with Crippen molar-refractivity contribution in [2.45, 2.75) is 12.6 Å². The lowest BCUT2D eigenvalue weighted by Crippen LogP contribution is -2.46. The highest BCUT2D eigenvalue weighted by molar-refractivity contribution is 5.89. The fraction of sp³-hybridized carbons (Fsp3) is 0.346. The van der Waals surface area contributed by atoms with Gasteiger partial charge in [-0.15, -0.1) is 0 Å². The Kier molecular flexibility index (Phi) is 7.23. The molecule has 1 saturated heterocycles. The summed E-state index contributed by atoms with van der Waals surface area (Å²) in [6.07, 6.45) is 0. The molecule has 1 fully saturated rings. The first-order valence-corrected chi connectivity index (χ1v) is 10.9. The molecule has 1 heterocycles. The highest BCUT2D eigenvalue weighted by Gasteiger charge is 2.25. The van der Waals surface area contributed by atoms with E-state index < -0.39 is 0 Å². The van der Waals surface area contributed by atoms with Crippen LogP contribution in [0.5, 0.6) is 11.5 Å². The van der Waals surface area contributed by atoms with E-state index in [1.54, 1.807) is 14.2 Å². The molecule has 4 rings (SSSR count). The Morgan fingerprint density at radius 3 is 2.53 bits per heavy atom. The maximum atomic E-state index is 9.63. The number of rotatable bonds is 8. The molecule has 1 unspecified atom stereocenters. The quantitative estimate of drug-likeness (QED) is 0.584. The van der Waals surface area contributed by atoms with Crippen molar-refractivity contribution in [1.29, 1.82) is 5.26 Å². The normalized spacial score (nSPS) is 15.3. The zero-order valence-corrected chi connectivity index (χ0v) is 18.6. The Balaban J connectivity index is 1.62. The second-order valence-electron chi connectivity index (χ2n) is 7.83. The fourth-order valence-electron chi connectivity index (χ4n) is 4.46. The van der Waals surface area contributed by atoms with E-state index in [0.29, 0.717) is 24.5 Å². The zero-order valence-electron chi connectivity index (χ0n) is 18.6. The number of nitrogens with one attached hydrogen (secondary N) is 1. The molecular weight excluding hydrogens is 402 g/mol. The van der Waals surface area contributed by atoms with Crippen LogP contribution in [0.3, 0.4) is 0 Å². The van der Waals surface area contributed by atoms with Gasteiger partial charge in [0, 0.05) is 37.3 Å². The molecule has 0 spiro atoms. The van der Waals surface area contributed by atoms with Crippen LogP contribution in [0.2, 0.25) is 0 Å². The van der Waals surface area contributed by atoms with Crippen LogP contribution in [0.1, 0.15) is 22.7 Å². The summed E-state index contributed by atoms with van der Waals surface area (Å²) in [6, 6.07) is 20.4. The van der Waals surface area contributed by atoms with Crippen molar-refractivity contribution in [1.82, 2.24) is 10.2 Å². The van der Waals surface area contributed by atoms with Gasteiger partial charge in [0.25, 0.3) is 0 Å². The lowest BCUT2D eigenvalue weighted by molar-refractivity contribution is 0.0430. The second kappa shape index (κ2) is 10.5.